The van der Waals surface area contributed by atoms with Crippen molar-refractivity contribution in [1.29, 1.82) is 0 Å². The van der Waals surface area contributed by atoms with Gasteiger partial charge in [-0.3, -0.25) is 0 Å². The molecule has 0 saturated carbocycles. The van der Waals surface area contributed by atoms with E-state index in [9.17, 15) is 49.1 Å². The van der Waals surface area contributed by atoms with Crippen LogP contribution in [0.15, 0.2) is 23.1 Å². The Balaban J connectivity index is 0.00000901. The van der Waals surface area contributed by atoms with E-state index in [0.29, 0.717) is 0 Å². The second kappa shape index (κ2) is 23.6. The molecule has 2 unspecified atom stereocenters. The summed E-state index contributed by atoms with van der Waals surface area (Å²) in [7, 11) is -14.3. The zero-order valence-electron chi connectivity index (χ0n) is 28.4. The molecule has 0 spiro atoms. The van der Waals surface area contributed by atoms with E-state index in [1.807, 2.05) is 0 Å². The number of anilines is 8. The summed E-state index contributed by atoms with van der Waals surface area (Å²) < 4.78 is 102. The van der Waals surface area contributed by atoms with Crippen molar-refractivity contribution in [2.45, 2.75) is 17.1 Å². The number of aromatic nitrogens is 6. The van der Waals surface area contributed by atoms with Gasteiger partial charge in [-0.05, 0) is 18.2 Å². The topological polar surface area (TPSA) is 402 Å². The summed E-state index contributed by atoms with van der Waals surface area (Å²) in [6.45, 7) is -2.58. The van der Waals surface area contributed by atoms with Crippen molar-refractivity contribution in [2.24, 2.45) is 0 Å². The molecule has 0 aliphatic rings. The van der Waals surface area contributed by atoms with Gasteiger partial charge in [0, 0.05) is 37.6 Å². The predicted molar refractivity (Wildman–Crippen MR) is 170 cm³/mol. The first-order valence-electron chi connectivity index (χ1n) is 13.9. The number of aliphatic hydroxyl groups is 4. The molecule has 278 valence electrons. The summed E-state index contributed by atoms with van der Waals surface area (Å²) in [5.74, 6) is -3.33. The molecular formula is C22H31N12Na3O13S3. The first-order valence-corrected chi connectivity index (χ1v) is 18.5. The minimum Gasteiger partial charge on any atom is -0.748 e. The van der Waals surface area contributed by atoms with Crippen LogP contribution in [-0.2, 0) is 30.4 Å². The molecule has 1 aromatic carbocycles. The Morgan fingerprint density at radius 2 is 0.868 bits per heavy atom. The quantitative estimate of drug-likeness (QED) is 0.0352. The Morgan fingerprint density at radius 1 is 0.547 bits per heavy atom. The predicted octanol–water partition coefficient (Wildman–Crippen LogP) is -13.1. The van der Waals surface area contributed by atoms with Gasteiger partial charge < -0.3 is 66.0 Å². The van der Waals surface area contributed by atoms with Gasteiger partial charge in [-0.1, -0.05) is 0 Å². The maximum Gasteiger partial charge on any atom is 1.00 e. The number of hydrogen-bond acceptors (Lipinski definition) is 25. The van der Waals surface area contributed by atoms with E-state index in [1.165, 1.54) is 6.07 Å². The van der Waals surface area contributed by atoms with Gasteiger partial charge >= 0.3 is 88.7 Å². The molecule has 2 atom stereocenters. The standard InChI is InChI=1S/C22H34N12O13S3.3Na/c35-10-14(37)8-25-19-29-17(23-1-3-48(39,40)41)31-21(33-19)27-12-5-13(7-16(6-12)50(45,46)47)28-22-32-18(24-2-4-49(42,43)44)30-20(34-22)26-9-15(38)11-36;;;/h5-7,14-15,35-38H,1-4,8-11H2,(H,39,40,41)(H,42,43,44)(H,45,46,47)(H3,23,25,27,29,31,33)(H3,24,26,28,30,32,34);;;/q;3*+1/p-3. The van der Waals surface area contributed by atoms with Crippen LogP contribution in [0.2, 0.25) is 0 Å². The summed E-state index contributed by atoms with van der Waals surface area (Å²) in [5.41, 5.74) is -0.273. The second-order valence-electron chi connectivity index (χ2n) is 9.87. The number of hydrogen-bond donors (Lipinski definition) is 10. The third-order valence-electron chi connectivity index (χ3n) is 5.66. The molecule has 0 amide bonds. The fraction of sp³-hybridized carbons (Fsp3) is 0.455. The van der Waals surface area contributed by atoms with Gasteiger partial charge in [0.1, 0.15) is 10.1 Å². The van der Waals surface area contributed by atoms with E-state index in [2.05, 4.69) is 61.8 Å². The van der Waals surface area contributed by atoms with Crippen LogP contribution >= 0.6 is 0 Å². The Kier molecular flexibility index (Phi) is 23.0. The van der Waals surface area contributed by atoms with Crippen molar-refractivity contribution in [3.05, 3.63) is 18.2 Å². The van der Waals surface area contributed by atoms with E-state index in [4.69, 9.17) is 10.2 Å². The van der Waals surface area contributed by atoms with Gasteiger partial charge in [0.25, 0.3) is 0 Å². The van der Waals surface area contributed by atoms with Gasteiger partial charge in [-0.2, -0.15) is 29.9 Å². The minimum absolute atomic E-state index is 0. The summed E-state index contributed by atoms with van der Waals surface area (Å²) in [5, 5.41) is 53.0. The molecule has 3 aromatic rings. The Hall–Kier alpha value is -1.39. The molecule has 10 N–H and O–H groups in total. The van der Waals surface area contributed by atoms with Crippen LogP contribution in [0.5, 0.6) is 0 Å². The van der Waals surface area contributed by atoms with Gasteiger partial charge in [-0.15, -0.1) is 0 Å². The molecule has 0 fully saturated rings. The number of aliphatic hydroxyl groups excluding tert-OH is 4. The largest absolute Gasteiger partial charge is 1.00 e. The number of rotatable bonds is 21. The summed E-state index contributed by atoms with van der Waals surface area (Å²) >= 11 is 0. The summed E-state index contributed by atoms with van der Waals surface area (Å²) in [6.07, 6.45) is -2.47. The van der Waals surface area contributed by atoms with Crippen LogP contribution in [0.1, 0.15) is 0 Å². The van der Waals surface area contributed by atoms with Crippen LogP contribution in [0.4, 0.5) is 47.1 Å². The summed E-state index contributed by atoms with van der Waals surface area (Å²) in [4.78, 5) is 23.3. The molecule has 0 radical (unpaired) electrons. The van der Waals surface area contributed by atoms with E-state index < -0.39 is 85.3 Å². The van der Waals surface area contributed by atoms with E-state index in [0.717, 1.165) is 12.1 Å². The molecule has 31 heteroatoms. The van der Waals surface area contributed by atoms with Gasteiger partial charge in [0.15, 0.2) is 0 Å². The van der Waals surface area contributed by atoms with Crippen molar-refractivity contribution >= 4 is 77.4 Å². The number of nitrogens with one attached hydrogen (secondary N) is 6. The normalized spacial score (nSPS) is 12.5. The van der Waals surface area contributed by atoms with E-state index >= 15 is 0 Å². The average molecular weight is 837 g/mol. The smallest absolute Gasteiger partial charge is 0.748 e. The van der Waals surface area contributed by atoms with Crippen molar-refractivity contribution < 1.29 is 148 Å². The first kappa shape index (κ1) is 51.6. The Morgan fingerprint density at radius 3 is 1.17 bits per heavy atom. The third-order valence-corrected chi connectivity index (χ3v) is 7.88. The van der Waals surface area contributed by atoms with Crippen LogP contribution in [0.25, 0.3) is 0 Å². The second-order valence-corrected chi connectivity index (χ2v) is 14.3. The maximum atomic E-state index is 12.0. The van der Waals surface area contributed by atoms with Crippen molar-refractivity contribution in [3.8, 4) is 0 Å². The Labute approximate surface area is 369 Å². The van der Waals surface area contributed by atoms with Gasteiger partial charge in [0.2, 0.25) is 35.7 Å². The van der Waals surface area contributed by atoms with Crippen LogP contribution in [0, 0.1) is 0 Å². The molecule has 0 saturated heterocycles. The number of nitrogens with zero attached hydrogens (tertiary/aromatic N) is 6. The molecule has 53 heavy (non-hydrogen) atoms. The Bertz CT molecular complexity index is 1840. The fourth-order valence-electron chi connectivity index (χ4n) is 3.45. The molecule has 2 heterocycles. The zero-order chi connectivity index (χ0) is 37.1. The van der Waals surface area contributed by atoms with Gasteiger partial charge in [0.05, 0.1) is 62.1 Å². The maximum absolute atomic E-state index is 12.0. The minimum atomic E-state index is -5.12. The van der Waals surface area contributed by atoms with Crippen molar-refractivity contribution in [1.82, 2.24) is 29.9 Å². The van der Waals surface area contributed by atoms with Crippen LogP contribution in [-0.4, -0.2) is 152 Å². The van der Waals surface area contributed by atoms with Crippen molar-refractivity contribution in [2.75, 3.05) is 82.8 Å². The molecule has 0 bridgehead atoms. The summed E-state index contributed by atoms with van der Waals surface area (Å²) in [6, 6.07) is 3.05. The molecule has 2 aromatic heterocycles. The molecule has 3 rings (SSSR count). The zero-order valence-corrected chi connectivity index (χ0v) is 36.9. The molecular weight excluding hydrogens is 805 g/mol. The first-order chi connectivity index (χ1) is 23.3. The van der Waals surface area contributed by atoms with Gasteiger partial charge in [-0.25, -0.2) is 25.3 Å². The third kappa shape index (κ3) is 20.4. The van der Waals surface area contributed by atoms with Crippen molar-refractivity contribution in [3.63, 3.8) is 0 Å². The van der Waals surface area contributed by atoms with Crippen LogP contribution in [0.3, 0.4) is 0 Å². The fourth-order valence-corrected chi connectivity index (χ4v) is 4.70. The average Bonchev–Trinajstić information content (AvgIpc) is 3.00. The SMILES string of the molecule is O=S(=O)([O-])CCNc1nc(NCC(O)CO)nc(Nc2cc(Nc3nc(NCCS(=O)(=O)[O-])nc(NCC(O)CO)n3)cc(S(=O)(=O)[O-])c2)n1.[Na+].[Na+].[Na+]. The molecule has 25 nitrogen and oxygen atoms in total. The molecule has 0 aliphatic carbocycles. The number of benzene rings is 1. The van der Waals surface area contributed by atoms with E-state index in [-0.39, 0.29) is 149 Å². The monoisotopic (exact) mass is 836 g/mol. The van der Waals surface area contributed by atoms with Crippen LogP contribution < -0.4 is 121 Å². The van der Waals surface area contributed by atoms with E-state index in [1.54, 1.807) is 0 Å². The molecule has 0 aliphatic heterocycles.